The van der Waals surface area contributed by atoms with E-state index in [4.69, 9.17) is 9.47 Å². The molecule has 1 aromatic heterocycles. The lowest BCUT2D eigenvalue weighted by Gasteiger charge is -2.15. The van der Waals surface area contributed by atoms with Crippen molar-refractivity contribution in [2.75, 3.05) is 6.61 Å². The zero-order chi connectivity index (χ0) is 26.4. The molecule has 0 aliphatic rings. The Morgan fingerprint density at radius 1 is 1.28 bits per heavy atom. The maximum absolute atomic E-state index is 13.2. The van der Waals surface area contributed by atoms with Crippen LogP contribution in [0.5, 0.6) is 5.75 Å². The Balaban J connectivity index is 2.05. The van der Waals surface area contributed by atoms with E-state index in [1.54, 1.807) is 25.1 Å². The Bertz CT molecular complexity index is 1390. The molecule has 1 heterocycles. The average molecular weight is 624 g/mol. The number of esters is 1. The van der Waals surface area contributed by atoms with Gasteiger partial charge in [-0.2, -0.15) is 9.78 Å². The summed E-state index contributed by atoms with van der Waals surface area (Å²) in [6, 6.07) is 8.06. The van der Waals surface area contributed by atoms with Crippen LogP contribution >= 0.6 is 31.9 Å². The summed E-state index contributed by atoms with van der Waals surface area (Å²) in [4.78, 5) is 40.9. The lowest BCUT2D eigenvalue weighted by Crippen LogP contribution is -2.26. The van der Waals surface area contributed by atoms with Crippen molar-refractivity contribution in [1.29, 1.82) is 0 Å². The van der Waals surface area contributed by atoms with Crippen LogP contribution in [0.1, 0.15) is 45.0 Å². The predicted octanol–water partition coefficient (Wildman–Crippen LogP) is 5.38. The number of hydrogen-bond donors (Lipinski definition) is 0. The number of benzene rings is 2. The standard InChI is InChI=1S/C24H24Br2N4O6/c1-4-6-7-21-28-19-9-8-16(25)12-17(19)23(31)29(21)27-13-15-10-18(26)22(20(11-15)30(33)34)36-14(3)24(32)35-5-2/h8-14H,4-7H2,1-3H3/t14-/m0/s1. The van der Waals surface area contributed by atoms with Crippen LogP contribution in [-0.2, 0) is 16.0 Å². The van der Waals surface area contributed by atoms with Gasteiger partial charge >= 0.3 is 11.7 Å². The van der Waals surface area contributed by atoms with Gasteiger partial charge < -0.3 is 9.47 Å². The van der Waals surface area contributed by atoms with E-state index in [0.717, 1.165) is 17.3 Å². The number of aryl methyl sites for hydroxylation is 1. The van der Waals surface area contributed by atoms with E-state index in [9.17, 15) is 19.7 Å². The molecule has 0 spiro atoms. The van der Waals surface area contributed by atoms with Gasteiger partial charge in [-0.25, -0.2) is 9.78 Å². The first-order chi connectivity index (χ1) is 17.2. The van der Waals surface area contributed by atoms with Gasteiger partial charge in [-0.1, -0.05) is 29.3 Å². The molecule has 3 rings (SSSR count). The highest BCUT2D eigenvalue weighted by molar-refractivity contribution is 9.10. The molecule has 0 fully saturated rings. The number of carbonyl (C=O) groups excluding carboxylic acids is 1. The molecule has 0 bridgehead atoms. The third-order valence-corrected chi connectivity index (χ3v) is 6.19. The van der Waals surface area contributed by atoms with Gasteiger partial charge in [-0.3, -0.25) is 14.9 Å². The number of nitro groups is 1. The monoisotopic (exact) mass is 622 g/mol. The van der Waals surface area contributed by atoms with E-state index in [1.165, 1.54) is 23.9 Å². The Morgan fingerprint density at radius 2 is 2.03 bits per heavy atom. The Morgan fingerprint density at radius 3 is 2.69 bits per heavy atom. The number of fused-ring (bicyclic) bond motifs is 1. The molecule has 0 saturated heterocycles. The van der Waals surface area contributed by atoms with E-state index in [0.29, 0.717) is 28.7 Å². The molecule has 0 aliphatic carbocycles. The summed E-state index contributed by atoms with van der Waals surface area (Å²) in [6.07, 6.45) is 2.55. The summed E-state index contributed by atoms with van der Waals surface area (Å²) in [5.41, 5.74) is 0.185. The molecule has 0 amide bonds. The smallest absolute Gasteiger partial charge is 0.347 e. The number of carbonyl (C=O) groups is 1. The summed E-state index contributed by atoms with van der Waals surface area (Å²) >= 11 is 6.66. The van der Waals surface area contributed by atoms with Crippen molar-refractivity contribution >= 4 is 60.6 Å². The second-order valence-electron chi connectivity index (χ2n) is 7.77. The highest BCUT2D eigenvalue weighted by atomic mass is 79.9. The Kier molecular flexibility index (Phi) is 9.32. The van der Waals surface area contributed by atoms with Gasteiger partial charge in [0.25, 0.3) is 5.56 Å². The molecule has 1 atom stereocenters. The van der Waals surface area contributed by atoms with Crippen LogP contribution < -0.4 is 10.3 Å². The van der Waals surface area contributed by atoms with Gasteiger partial charge in [-0.05, 0) is 60.5 Å². The minimum absolute atomic E-state index is 0.115. The summed E-state index contributed by atoms with van der Waals surface area (Å²) < 4.78 is 12.6. The first kappa shape index (κ1) is 27.5. The number of nitrogens with zero attached hydrogens (tertiary/aromatic N) is 4. The van der Waals surface area contributed by atoms with Gasteiger partial charge in [-0.15, -0.1) is 0 Å². The topological polar surface area (TPSA) is 126 Å². The fraction of sp³-hybridized carbons (Fsp3) is 0.333. The van der Waals surface area contributed by atoms with Gasteiger partial charge in [0.2, 0.25) is 5.75 Å². The van der Waals surface area contributed by atoms with Gasteiger partial charge in [0.05, 0.1) is 33.1 Å². The van der Waals surface area contributed by atoms with E-state index in [1.807, 2.05) is 13.0 Å². The van der Waals surface area contributed by atoms with Gasteiger partial charge in [0.1, 0.15) is 5.82 Å². The van der Waals surface area contributed by atoms with Crippen molar-refractivity contribution in [3.63, 3.8) is 0 Å². The number of ether oxygens (including phenoxy) is 2. The number of halogens is 2. The van der Waals surface area contributed by atoms with Crippen LogP contribution in [0.4, 0.5) is 5.69 Å². The van der Waals surface area contributed by atoms with Crippen LogP contribution in [0.2, 0.25) is 0 Å². The summed E-state index contributed by atoms with van der Waals surface area (Å²) in [7, 11) is 0. The van der Waals surface area contributed by atoms with Crippen LogP contribution in [0.15, 0.2) is 49.2 Å². The second-order valence-corrected chi connectivity index (χ2v) is 9.54. The van der Waals surface area contributed by atoms with Gasteiger partial charge in [0.15, 0.2) is 6.10 Å². The molecule has 0 saturated carbocycles. The molecule has 10 nitrogen and oxygen atoms in total. The van der Waals surface area contributed by atoms with Crippen molar-refractivity contribution in [3.05, 3.63) is 71.1 Å². The lowest BCUT2D eigenvalue weighted by molar-refractivity contribution is -0.386. The minimum atomic E-state index is -1.05. The van der Waals surface area contributed by atoms with Crippen LogP contribution in [-0.4, -0.2) is 39.5 Å². The maximum Gasteiger partial charge on any atom is 0.347 e. The predicted molar refractivity (Wildman–Crippen MR) is 143 cm³/mol. The number of nitro benzene ring substituents is 1. The lowest BCUT2D eigenvalue weighted by atomic mass is 10.2. The quantitative estimate of drug-likeness (QED) is 0.128. The van der Waals surface area contributed by atoms with Crippen molar-refractivity contribution < 1.29 is 19.2 Å². The fourth-order valence-electron chi connectivity index (χ4n) is 3.35. The molecule has 0 radical (unpaired) electrons. The largest absolute Gasteiger partial charge is 0.471 e. The molecular formula is C24H24Br2N4O6. The molecule has 2 aromatic carbocycles. The van der Waals surface area contributed by atoms with E-state index < -0.39 is 17.0 Å². The van der Waals surface area contributed by atoms with Crippen molar-refractivity contribution in [2.24, 2.45) is 5.10 Å². The first-order valence-electron chi connectivity index (χ1n) is 11.2. The van der Waals surface area contributed by atoms with Crippen LogP contribution in [0.25, 0.3) is 10.9 Å². The molecule has 3 aromatic rings. The van der Waals surface area contributed by atoms with Crippen LogP contribution in [0, 0.1) is 10.1 Å². The normalized spacial score (nSPS) is 12.1. The average Bonchev–Trinajstić information content (AvgIpc) is 2.83. The first-order valence-corrected chi connectivity index (χ1v) is 12.8. The highest BCUT2D eigenvalue weighted by Crippen LogP contribution is 2.37. The molecular weight excluding hydrogens is 600 g/mol. The Hall–Kier alpha value is -3.12. The number of hydrogen-bond acceptors (Lipinski definition) is 8. The van der Waals surface area contributed by atoms with Crippen molar-refractivity contribution in [2.45, 2.75) is 46.1 Å². The fourth-order valence-corrected chi connectivity index (χ4v) is 4.27. The molecule has 0 aliphatic heterocycles. The molecule has 190 valence electrons. The summed E-state index contributed by atoms with van der Waals surface area (Å²) in [5.74, 6) is -0.265. The molecule has 0 unspecified atom stereocenters. The molecule has 0 N–H and O–H groups in total. The third-order valence-electron chi connectivity index (χ3n) is 5.11. The maximum atomic E-state index is 13.2. The van der Waals surface area contributed by atoms with E-state index >= 15 is 0 Å². The van der Waals surface area contributed by atoms with Crippen molar-refractivity contribution in [1.82, 2.24) is 9.66 Å². The van der Waals surface area contributed by atoms with Crippen LogP contribution in [0.3, 0.4) is 0 Å². The third kappa shape index (κ3) is 6.35. The number of unbranched alkanes of at least 4 members (excludes halogenated alkanes) is 1. The van der Waals surface area contributed by atoms with Crippen molar-refractivity contribution in [3.8, 4) is 5.75 Å². The minimum Gasteiger partial charge on any atom is -0.471 e. The van der Waals surface area contributed by atoms with E-state index in [-0.39, 0.29) is 28.1 Å². The zero-order valence-corrected chi connectivity index (χ0v) is 23.0. The van der Waals surface area contributed by atoms with Gasteiger partial charge in [0, 0.05) is 22.5 Å². The molecule has 12 heteroatoms. The molecule has 36 heavy (non-hydrogen) atoms. The SMILES string of the molecule is CCCCc1nc2ccc(Br)cc2c(=O)n1N=Cc1cc(Br)c(O[C@@H](C)C(=O)OCC)c([N+](=O)[O-])c1. The zero-order valence-electron chi connectivity index (χ0n) is 19.9. The second kappa shape index (κ2) is 12.2. The summed E-state index contributed by atoms with van der Waals surface area (Å²) in [5, 5.41) is 16.5. The number of rotatable bonds is 10. The summed E-state index contributed by atoms with van der Waals surface area (Å²) in [6.45, 7) is 5.29. The Labute approximate surface area is 223 Å². The number of aromatic nitrogens is 2. The van der Waals surface area contributed by atoms with E-state index in [2.05, 4.69) is 41.9 Å². The highest BCUT2D eigenvalue weighted by Gasteiger charge is 2.25.